The lowest BCUT2D eigenvalue weighted by Crippen LogP contribution is -2.32. The Morgan fingerprint density at radius 1 is 1.56 bits per heavy atom. The van der Waals surface area contributed by atoms with Crippen LogP contribution in [0.25, 0.3) is 0 Å². The lowest BCUT2D eigenvalue weighted by atomic mass is 10.7. The zero-order valence-corrected chi connectivity index (χ0v) is 11.9. The van der Waals surface area contributed by atoms with E-state index in [2.05, 4.69) is 20.7 Å². The Hall–Kier alpha value is -0.440. The topological polar surface area (TPSA) is 63.7 Å². The molecule has 1 aromatic heterocycles. The zero-order valence-electron chi connectivity index (χ0n) is 8.64. The van der Waals surface area contributed by atoms with E-state index in [0.717, 1.165) is 19.4 Å². The summed E-state index contributed by atoms with van der Waals surface area (Å²) in [4.78, 5) is 11.0. The Morgan fingerprint density at radius 2 is 2.19 bits per heavy atom. The number of carbonyl (C=O) groups is 1. The lowest BCUT2D eigenvalue weighted by Gasteiger charge is -2.13. The van der Waals surface area contributed by atoms with E-state index >= 15 is 0 Å². The van der Waals surface area contributed by atoms with E-state index in [1.807, 2.05) is 0 Å². The molecular weight excluding hydrogens is 318 g/mol. The average molecular weight is 328 g/mol. The first-order valence-corrected chi connectivity index (χ1v) is 7.21. The minimum atomic E-state index is -3.60. The minimum absolute atomic E-state index is 0.186. The maximum Gasteiger partial charge on any atom is 0.321 e. The average Bonchev–Trinajstić information content (AvgIpc) is 2.65. The second kappa shape index (κ2) is 5.26. The number of rotatable bonds is 4. The van der Waals surface area contributed by atoms with Crippen molar-refractivity contribution in [3.05, 3.63) is 15.9 Å². The first-order chi connectivity index (χ1) is 7.37. The third-order valence-corrected chi connectivity index (χ3v) is 5.69. The quantitative estimate of drug-likeness (QED) is 0.782. The molecule has 0 spiro atoms. The van der Waals surface area contributed by atoms with Gasteiger partial charge in [0.15, 0.2) is 0 Å². The van der Waals surface area contributed by atoms with Crippen LogP contribution in [-0.4, -0.2) is 39.4 Å². The molecule has 0 N–H and O–H groups in total. The molecule has 0 saturated carbocycles. The molecule has 0 saturated heterocycles. The van der Waals surface area contributed by atoms with Gasteiger partial charge in [0.25, 0.3) is 10.0 Å². The Balaban J connectivity index is 2.90. The Labute approximate surface area is 106 Å². The molecule has 16 heavy (non-hydrogen) atoms. The Kier molecular flexibility index (Phi) is 4.48. The molecule has 0 amide bonds. The van der Waals surface area contributed by atoms with Crippen LogP contribution in [0.1, 0.15) is 0 Å². The zero-order chi connectivity index (χ0) is 12.3. The molecular formula is C8H10BrNO4S2. The van der Waals surface area contributed by atoms with Gasteiger partial charge in [-0.05, 0) is 28.1 Å². The van der Waals surface area contributed by atoms with Crippen LogP contribution >= 0.6 is 27.3 Å². The molecule has 0 atom stereocenters. The van der Waals surface area contributed by atoms with Gasteiger partial charge in [-0.25, -0.2) is 8.42 Å². The highest BCUT2D eigenvalue weighted by atomic mass is 79.9. The van der Waals surface area contributed by atoms with Crippen LogP contribution in [0.5, 0.6) is 0 Å². The molecule has 0 fully saturated rings. The largest absolute Gasteiger partial charge is 0.468 e. The normalized spacial score (nSPS) is 11.8. The molecule has 1 rings (SSSR count). The number of likely N-dealkylation sites (N-methyl/N-ethyl adjacent to an activating group) is 1. The summed E-state index contributed by atoms with van der Waals surface area (Å²) in [5, 5.41) is 0. The predicted octanol–water partition coefficient (Wildman–Crippen LogP) is 1.30. The van der Waals surface area contributed by atoms with Crippen LogP contribution in [0, 0.1) is 0 Å². The standard InChI is InChI=1S/C8H10BrNO4S2/c1-10(5-7(11)14-2)16(12,13)8-4-3-6(9)15-8/h3-4H,5H2,1-2H3. The first-order valence-electron chi connectivity index (χ1n) is 4.16. The summed E-state index contributed by atoms with van der Waals surface area (Å²) in [5.74, 6) is -0.596. The SMILES string of the molecule is COC(=O)CN(C)S(=O)(=O)c1ccc(Br)s1. The van der Waals surface area contributed by atoms with Crippen LogP contribution < -0.4 is 0 Å². The number of hydrogen-bond acceptors (Lipinski definition) is 5. The number of esters is 1. The summed E-state index contributed by atoms with van der Waals surface area (Å²) in [6, 6.07) is 3.13. The van der Waals surface area contributed by atoms with Gasteiger partial charge in [0, 0.05) is 7.05 Å². The van der Waals surface area contributed by atoms with Crippen molar-refractivity contribution in [1.82, 2.24) is 4.31 Å². The van der Waals surface area contributed by atoms with E-state index in [1.54, 1.807) is 6.07 Å². The number of halogens is 1. The number of nitrogens with zero attached hydrogens (tertiary/aromatic N) is 1. The second-order valence-electron chi connectivity index (χ2n) is 2.90. The predicted molar refractivity (Wildman–Crippen MR) is 63.9 cm³/mol. The van der Waals surface area contributed by atoms with E-state index in [1.165, 1.54) is 20.2 Å². The molecule has 0 radical (unpaired) electrons. The smallest absolute Gasteiger partial charge is 0.321 e. The van der Waals surface area contributed by atoms with Gasteiger partial charge in [-0.3, -0.25) is 4.79 Å². The van der Waals surface area contributed by atoms with Crippen molar-refractivity contribution in [2.24, 2.45) is 0 Å². The maximum atomic E-state index is 11.9. The second-order valence-corrected chi connectivity index (χ2v) is 7.63. The summed E-state index contributed by atoms with van der Waals surface area (Å²) in [7, 11) is -1.06. The molecule has 0 unspecified atom stereocenters. The molecule has 0 aliphatic heterocycles. The van der Waals surface area contributed by atoms with Crippen LogP contribution in [-0.2, 0) is 19.6 Å². The molecule has 1 aromatic rings. The van der Waals surface area contributed by atoms with E-state index < -0.39 is 16.0 Å². The molecule has 0 aliphatic carbocycles. The van der Waals surface area contributed by atoms with E-state index in [0.29, 0.717) is 0 Å². The summed E-state index contributed by atoms with van der Waals surface area (Å²) >= 11 is 4.27. The van der Waals surface area contributed by atoms with Gasteiger partial charge < -0.3 is 4.74 Å². The summed E-state index contributed by atoms with van der Waals surface area (Å²) in [6.45, 7) is -0.297. The fraction of sp³-hybridized carbons (Fsp3) is 0.375. The van der Waals surface area contributed by atoms with Gasteiger partial charge in [-0.15, -0.1) is 11.3 Å². The van der Waals surface area contributed by atoms with Gasteiger partial charge in [0.05, 0.1) is 10.9 Å². The van der Waals surface area contributed by atoms with Crippen molar-refractivity contribution in [2.75, 3.05) is 20.7 Å². The van der Waals surface area contributed by atoms with Crippen LogP contribution in [0.3, 0.4) is 0 Å². The van der Waals surface area contributed by atoms with Crippen molar-refractivity contribution in [3.63, 3.8) is 0 Å². The Morgan fingerprint density at radius 3 is 2.62 bits per heavy atom. The molecule has 90 valence electrons. The first kappa shape index (κ1) is 13.6. The Bertz CT molecular complexity index is 482. The van der Waals surface area contributed by atoms with Gasteiger partial charge in [0.2, 0.25) is 0 Å². The number of sulfonamides is 1. The van der Waals surface area contributed by atoms with Crippen molar-refractivity contribution < 1.29 is 17.9 Å². The lowest BCUT2D eigenvalue weighted by molar-refractivity contribution is -0.140. The number of ether oxygens (including phenoxy) is 1. The highest BCUT2D eigenvalue weighted by Gasteiger charge is 2.24. The fourth-order valence-corrected chi connectivity index (χ4v) is 4.26. The third-order valence-electron chi connectivity index (χ3n) is 1.79. The van der Waals surface area contributed by atoms with E-state index in [-0.39, 0.29) is 10.8 Å². The molecule has 1 heterocycles. The summed E-state index contributed by atoms with van der Waals surface area (Å²) in [6.07, 6.45) is 0. The van der Waals surface area contributed by atoms with Crippen LogP contribution in [0.15, 0.2) is 20.1 Å². The van der Waals surface area contributed by atoms with Crippen LogP contribution in [0.2, 0.25) is 0 Å². The monoisotopic (exact) mass is 327 g/mol. The van der Waals surface area contributed by atoms with Gasteiger partial charge >= 0.3 is 5.97 Å². The van der Waals surface area contributed by atoms with Crippen molar-refractivity contribution >= 4 is 43.3 Å². The summed E-state index contributed by atoms with van der Waals surface area (Å²) < 4.78 is 30.1. The number of hydrogen-bond donors (Lipinski definition) is 0. The summed E-state index contributed by atoms with van der Waals surface area (Å²) in [5.41, 5.74) is 0. The van der Waals surface area contributed by atoms with E-state index in [9.17, 15) is 13.2 Å². The molecule has 5 nitrogen and oxygen atoms in total. The molecule has 0 bridgehead atoms. The van der Waals surface area contributed by atoms with Gasteiger partial charge in [-0.1, -0.05) is 0 Å². The third kappa shape index (κ3) is 3.03. The number of thiophene rings is 1. The van der Waals surface area contributed by atoms with Crippen molar-refractivity contribution in [1.29, 1.82) is 0 Å². The highest BCUT2D eigenvalue weighted by Crippen LogP contribution is 2.27. The minimum Gasteiger partial charge on any atom is -0.468 e. The van der Waals surface area contributed by atoms with Crippen LogP contribution in [0.4, 0.5) is 0 Å². The van der Waals surface area contributed by atoms with Gasteiger partial charge in [-0.2, -0.15) is 4.31 Å². The maximum absolute atomic E-state index is 11.9. The number of methoxy groups -OCH3 is 1. The molecule has 0 aliphatic rings. The van der Waals surface area contributed by atoms with Gasteiger partial charge in [0.1, 0.15) is 10.8 Å². The number of carbonyl (C=O) groups excluding carboxylic acids is 1. The molecule has 0 aromatic carbocycles. The van der Waals surface area contributed by atoms with Crippen molar-refractivity contribution in [2.45, 2.75) is 4.21 Å². The highest BCUT2D eigenvalue weighted by molar-refractivity contribution is 9.11. The molecule has 8 heteroatoms. The van der Waals surface area contributed by atoms with E-state index in [4.69, 9.17) is 0 Å². The fourth-order valence-electron chi connectivity index (χ4n) is 0.921. The van der Waals surface area contributed by atoms with Crippen molar-refractivity contribution in [3.8, 4) is 0 Å².